The molecule has 0 saturated heterocycles. The summed E-state index contributed by atoms with van der Waals surface area (Å²) in [5, 5.41) is 0. The molecule has 0 bridgehead atoms. The standard InChI is InChI=1S/C12H8BrNO/c13-12-5-11(6-14-7-12)10-3-1-2-9(4-10)8-15/h1-8H. The van der Waals surface area contributed by atoms with E-state index in [1.165, 1.54) is 0 Å². The van der Waals surface area contributed by atoms with Crippen LogP contribution in [0.2, 0.25) is 0 Å². The van der Waals surface area contributed by atoms with Crippen molar-refractivity contribution in [2.75, 3.05) is 0 Å². The molecule has 2 aromatic rings. The van der Waals surface area contributed by atoms with E-state index in [9.17, 15) is 4.79 Å². The Morgan fingerprint density at radius 2 is 2.00 bits per heavy atom. The topological polar surface area (TPSA) is 30.0 Å². The highest BCUT2D eigenvalue weighted by molar-refractivity contribution is 9.10. The van der Waals surface area contributed by atoms with Gasteiger partial charge in [0, 0.05) is 28.0 Å². The van der Waals surface area contributed by atoms with E-state index in [1.54, 1.807) is 18.5 Å². The number of carbonyl (C=O) groups excluding carboxylic acids is 1. The molecule has 0 aliphatic heterocycles. The van der Waals surface area contributed by atoms with Crippen molar-refractivity contribution in [2.45, 2.75) is 0 Å². The summed E-state index contributed by atoms with van der Waals surface area (Å²) in [5.41, 5.74) is 2.66. The van der Waals surface area contributed by atoms with E-state index in [0.717, 1.165) is 21.9 Å². The van der Waals surface area contributed by atoms with E-state index in [-0.39, 0.29) is 0 Å². The smallest absolute Gasteiger partial charge is 0.150 e. The highest BCUT2D eigenvalue weighted by Gasteiger charge is 1.99. The molecule has 0 unspecified atom stereocenters. The van der Waals surface area contributed by atoms with Crippen LogP contribution in [0.15, 0.2) is 47.2 Å². The minimum atomic E-state index is 0.674. The van der Waals surface area contributed by atoms with Gasteiger partial charge in [-0.25, -0.2) is 0 Å². The van der Waals surface area contributed by atoms with Crippen molar-refractivity contribution >= 4 is 22.2 Å². The number of rotatable bonds is 2. The summed E-state index contributed by atoms with van der Waals surface area (Å²) in [5.74, 6) is 0. The second kappa shape index (κ2) is 4.36. The molecule has 1 heterocycles. The monoisotopic (exact) mass is 261 g/mol. The zero-order valence-corrected chi connectivity index (χ0v) is 9.44. The Morgan fingerprint density at radius 1 is 1.13 bits per heavy atom. The van der Waals surface area contributed by atoms with E-state index >= 15 is 0 Å². The van der Waals surface area contributed by atoms with Gasteiger partial charge < -0.3 is 0 Å². The first-order chi connectivity index (χ1) is 7.29. The van der Waals surface area contributed by atoms with Gasteiger partial charge in [0.15, 0.2) is 0 Å². The van der Waals surface area contributed by atoms with E-state index in [0.29, 0.717) is 5.56 Å². The van der Waals surface area contributed by atoms with Gasteiger partial charge in [0.05, 0.1) is 0 Å². The molecule has 1 aromatic carbocycles. The van der Waals surface area contributed by atoms with Gasteiger partial charge in [-0.3, -0.25) is 9.78 Å². The predicted molar refractivity (Wildman–Crippen MR) is 62.8 cm³/mol. The molecule has 0 amide bonds. The molecule has 2 rings (SSSR count). The summed E-state index contributed by atoms with van der Waals surface area (Å²) in [4.78, 5) is 14.7. The predicted octanol–water partition coefficient (Wildman–Crippen LogP) is 3.32. The normalized spacial score (nSPS) is 9.93. The highest BCUT2D eigenvalue weighted by Crippen LogP contribution is 2.22. The van der Waals surface area contributed by atoms with E-state index < -0.39 is 0 Å². The molecule has 0 aliphatic carbocycles. The molecule has 0 fully saturated rings. The van der Waals surface area contributed by atoms with Crippen LogP contribution in [-0.4, -0.2) is 11.3 Å². The number of pyridine rings is 1. The Balaban J connectivity index is 2.49. The maximum atomic E-state index is 10.6. The second-order valence-corrected chi connectivity index (χ2v) is 4.05. The number of carbonyl (C=O) groups is 1. The van der Waals surface area contributed by atoms with Gasteiger partial charge in [-0.2, -0.15) is 0 Å². The third-order valence-corrected chi connectivity index (χ3v) is 2.49. The van der Waals surface area contributed by atoms with Crippen molar-refractivity contribution in [2.24, 2.45) is 0 Å². The molecule has 74 valence electrons. The highest BCUT2D eigenvalue weighted by atomic mass is 79.9. The quantitative estimate of drug-likeness (QED) is 0.777. The molecule has 1 aromatic heterocycles. The summed E-state index contributed by atoms with van der Waals surface area (Å²) < 4.78 is 0.927. The van der Waals surface area contributed by atoms with Crippen LogP contribution in [0.3, 0.4) is 0 Å². The third-order valence-electron chi connectivity index (χ3n) is 2.06. The van der Waals surface area contributed by atoms with Crippen LogP contribution in [0.5, 0.6) is 0 Å². The van der Waals surface area contributed by atoms with Crippen LogP contribution in [0.25, 0.3) is 11.1 Å². The van der Waals surface area contributed by atoms with Gasteiger partial charge in [-0.1, -0.05) is 18.2 Å². The molecular formula is C12H8BrNO. The van der Waals surface area contributed by atoms with Crippen LogP contribution < -0.4 is 0 Å². The first-order valence-electron chi connectivity index (χ1n) is 4.46. The van der Waals surface area contributed by atoms with Crippen molar-refractivity contribution in [1.29, 1.82) is 0 Å². The fourth-order valence-corrected chi connectivity index (χ4v) is 1.73. The van der Waals surface area contributed by atoms with Gasteiger partial charge >= 0.3 is 0 Å². The SMILES string of the molecule is O=Cc1cccc(-c2cncc(Br)c2)c1. The van der Waals surface area contributed by atoms with Gasteiger partial charge in [0.2, 0.25) is 0 Å². The third kappa shape index (κ3) is 2.30. The number of halogens is 1. The van der Waals surface area contributed by atoms with Gasteiger partial charge in [-0.15, -0.1) is 0 Å². The van der Waals surface area contributed by atoms with E-state index in [4.69, 9.17) is 0 Å². The van der Waals surface area contributed by atoms with Gasteiger partial charge in [0.25, 0.3) is 0 Å². The van der Waals surface area contributed by atoms with Crippen molar-refractivity contribution in [3.05, 3.63) is 52.8 Å². The average Bonchev–Trinajstić information content (AvgIpc) is 2.29. The molecule has 3 heteroatoms. The van der Waals surface area contributed by atoms with Crippen LogP contribution >= 0.6 is 15.9 Å². The zero-order chi connectivity index (χ0) is 10.7. The first-order valence-corrected chi connectivity index (χ1v) is 5.25. The van der Waals surface area contributed by atoms with Crippen molar-refractivity contribution in [1.82, 2.24) is 4.98 Å². The molecule has 0 spiro atoms. The van der Waals surface area contributed by atoms with Crippen LogP contribution in [-0.2, 0) is 0 Å². The number of benzene rings is 1. The van der Waals surface area contributed by atoms with Crippen LogP contribution in [0.1, 0.15) is 10.4 Å². The average molecular weight is 262 g/mol. The molecule has 0 N–H and O–H groups in total. The summed E-state index contributed by atoms with van der Waals surface area (Å²) in [7, 11) is 0. The lowest BCUT2D eigenvalue weighted by molar-refractivity contribution is 0.112. The molecule has 0 radical (unpaired) electrons. The second-order valence-electron chi connectivity index (χ2n) is 3.14. The lowest BCUT2D eigenvalue weighted by Crippen LogP contribution is -1.83. The first kappa shape index (κ1) is 10.1. The maximum absolute atomic E-state index is 10.6. The molecule has 15 heavy (non-hydrogen) atoms. The zero-order valence-electron chi connectivity index (χ0n) is 7.85. The molecule has 0 atom stereocenters. The van der Waals surface area contributed by atoms with Crippen molar-refractivity contribution in [3.63, 3.8) is 0 Å². The Kier molecular flexibility index (Phi) is 2.92. The Morgan fingerprint density at radius 3 is 2.73 bits per heavy atom. The Labute approximate surface area is 96.1 Å². The summed E-state index contributed by atoms with van der Waals surface area (Å²) in [6.45, 7) is 0. The van der Waals surface area contributed by atoms with E-state index in [1.807, 2.05) is 24.3 Å². The summed E-state index contributed by atoms with van der Waals surface area (Å²) >= 11 is 3.36. The fourth-order valence-electron chi connectivity index (χ4n) is 1.36. The maximum Gasteiger partial charge on any atom is 0.150 e. The Hall–Kier alpha value is -1.48. The number of hydrogen-bond acceptors (Lipinski definition) is 2. The molecular weight excluding hydrogens is 254 g/mol. The van der Waals surface area contributed by atoms with E-state index in [2.05, 4.69) is 20.9 Å². The lowest BCUT2D eigenvalue weighted by Gasteiger charge is -2.01. The lowest BCUT2D eigenvalue weighted by atomic mass is 10.1. The minimum Gasteiger partial charge on any atom is -0.298 e. The molecule has 2 nitrogen and oxygen atoms in total. The number of nitrogens with zero attached hydrogens (tertiary/aromatic N) is 1. The molecule has 0 saturated carbocycles. The summed E-state index contributed by atoms with van der Waals surface area (Å²) in [6.07, 6.45) is 4.34. The minimum absolute atomic E-state index is 0.674. The van der Waals surface area contributed by atoms with Crippen LogP contribution in [0.4, 0.5) is 0 Å². The van der Waals surface area contributed by atoms with Gasteiger partial charge in [0.1, 0.15) is 6.29 Å². The summed E-state index contributed by atoms with van der Waals surface area (Å²) in [6, 6.07) is 9.41. The largest absolute Gasteiger partial charge is 0.298 e. The van der Waals surface area contributed by atoms with Gasteiger partial charge in [-0.05, 0) is 33.6 Å². The Bertz CT molecular complexity index is 496. The van der Waals surface area contributed by atoms with Crippen LogP contribution in [0, 0.1) is 0 Å². The molecule has 0 aliphatic rings. The number of hydrogen-bond donors (Lipinski definition) is 0. The number of aromatic nitrogens is 1. The van der Waals surface area contributed by atoms with Crippen molar-refractivity contribution in [3.8, 4) is 11.1 Å². The fraction of sp³-hybridized carbons (Fsp3) is 0. The number of aldehydes is 1. The van der Waals surface area contributed by atoms with Crippen molar-refractivity contribution < 1.29 is 4.79 Å².